The Hall–Kier alpha value is -1.73. The smallest absolute Gasteiger partial charge is 0.241 e. The van der Waals surface area contributed by atoms with Gasteiger partial charge in [0.05, 0.1) is 17.2 Å². The van der Waals surface area contributed by atoms with Crippen molar-refractivity contribution in [3.05, 3.63) is 54.0 Å². The molecule has 1 atom stereocenters. The molecule has 2 aromatic rings. The second-order valence-electron chi connectivity index (χ2n) is 3.93. The van der Waals surface area contributed by atoms with Crippen LogP contribution < -0.4 is 4.72 Å². The van der Waals surface area contributed by atoms with Gasteiger partial charge >= 0.3 is 0 Å². The lowest BCUT2D eigenvalue weighted by molar-refractivity contribution is 0.459. The lowest BCUT2D eigenvalue weighted by Gasteiger charge is -2.12. The van der Waals surface area contributed by atoms with Crippen molar-refractivity contribution in [1.82, 2.24) is 4.72 Å². The van der Waals surface area contributed by atoms with Crippen molar-refractivity contribution in [3.8, 4) is 0 Å². The standard InChI is InChI=1S/C12H11F2NO3S/c1-8(12-3-2-6-18-12)15-19(16,17)9-4-5-10(13)11(14)7-9/h2-8,15H,1H3/t8-/m0/s1. The topological polar surface area (TPSA) is 59.3 Å². The van der Waals surface area contributed by atoms with Crippen molar-refractivity contribution >= 4 is 10.0 Å². The van der Waals surface area contributed by atoms with Crippen LogP contribution in [0, 0.1) is 11.6 Å². The van der Waals surface area contributed by atoms with Gasteiger partial charge in [-0.25, -0.2) is 21.9 Å². The quantitative estimate of drug-likeness (QED) is 0.940. The van der Waals surface area contributed by atoms with Crippen molar-refractivity contribution in [1.29, 1.82) is 0 Å². The normalized spacial score (nSPS) is 13.4. The maximum atomic E-state index is 13.0. The molecule has 1 N–H and O–H groups in total. The van der Waals surface area contributed by atoms with Crippen LogP contribution in [0.3, 0.4) is 0 Å². The first kappa shape index (κ1) is 13.7. The average Bonchev–Trinajstić information content (AvgIpc) is 2.85. The molecule has 1 heterocycles. The molecule has 0 saturated heterocycles. The fourth-order valence-corrected chi connectivity index (χ4v) is 2.76. The molecule has 0 aliphatic carbocycles. The van der Waals surface area contributed by atoms with E-state index in [-0.39, 0.29) is 4.90 Å². The summed E-state index contributed by atoms with van der Waals surface area (Å²) >= 11 is 0. The fourth-order valence-electron chi connectivity index (χ4n) is 1.54. The highest BCUT2D eigenvalue weighted by molar-refractivity contribution is 7.89. The minimum Gasteiger partial charge on any atom is -0.468 e. The maximum absolute atomic E-state index is 13.0. The first-order valence-corrected chi connectivity index (χ1v) is 6.89. The Morgan fingerprint density at radius 1 is 1.21 bits per heavy atom. The van der Waals surface area contributed by atoms with Crippen molar-refractivity contribution in [2.24, 2.45) is 0 Å². The van der Waals surface area contributed by atoms with Gasteiger partial charge in [0.1, 0.15) is 5.76 Å². The van der Waals surface area contributed by atoms with E-state index < -0.39 is 27.7 Å². The van der Waals surface area contributed by atoms with Gasteiger partial charge in [-0.15, -0.1) is 0 Å². The summed E-state index contributed by atoms with van der Waals surface area (Å²) < 4.78 is 57.1. The lowest BCUT2D eigenvalue weighted by atomic mass is 10.3. The third kappa shape index (κ3) is 2.99. The van der Waals surface area contributed by atoms with E-state index in [2.05, 4.69) is 4.72 Å². The zero-order chi connectivity index (χ0) is 14.0. The molecule has 0 aliphatic rings. The zero-order valence-electron chi connectivity index (χ0n) is 9.93. The molecule has 0 bridgehead atoms. The van der Waals surface area contributed by atoms with Gasteiger partial charge in [0.2, 0.25) is 10.0 Å². The summed E-state index contributed by atoms with van der Waals surface area (Å²) in [5, 5.41) is 0. The van der Waals surface area contributed by atoms with E-state index in [4.69, 9.17) is 4.42 Å². The second kappa shape index (κ2) is 5.10. The number of benzene rings is 1. The summed E-state index contributed by atoms with van der Waals surface area (Å²) in [6, 6.07) is 5.01. The van der Waals surface area contributed by atoms with Crippen LogP contribution in [0.2, 0.25) is 0 Å². The van der Waals surface area contributed by atoms with Crippen LogP contribution in [0.5, 0.6) is 0 Å². The van der Waals surface area contributed by atoms with Crippen LogP contribution in [0.15, 0.2) is 45.9 Å². The first-order valence-electron chi connectivity index (χ1n) is 5.41. The van der Waals surface area contributed by atoms with Gasteiger partial charge < -0.3 is 4.42 Å². The molecular formula is C12H11F2NO3S. The molecule has 19 heavy (non-hydrogen) atoms. The van der Waals surface area contributed by atoms with E-state index in [1.165, 1.54) is 6.26 Å². The van der Waals surface area contributed by atoms with E-state index >= 15 is 0 Å². The largest absolute Gasteiger partial charge is 0.468 e. The van der Waals surface area contributed by atoms with Gasteiger partial charge in [-0.3, -0.25) is 0 Å². The molecule has 2 rings (SSSR count). The third-order valence-electron chi connectivity index (χ3n) is 2.50. The highest BCUT2D eigenvalue weighted by Crippen LogP contribution is 2.18. The Morgan fingerprint density at radius 3 is 2.53 bits per heavy atom. The van der Waals surface area contributed by atoms with Crippen LogP contribution in [-0.2, 0) is 10.0 Å². The molecule has 1 aromatic carbocycles. The zero-order valence-corrected chi connectivity index (χ0v) is 10.7. The molecule has 0 saturated carbocycles. The van der Waals surface area contributed by atoms with Crippen LogP contribution in [0.4, 0.5) is 8.78 Å². The van der Waals surface area contributed by atoms with Crippen LogP contribution in [0.1, 0.15) is 18.7 Å². The van der Waals surface area contributed by atoms with E-state index in [1.807, 2.05) is 0 Å². The molecule has 0 aliphatic heterocycles. The van der Waals surface area contributed by atoms with Gasteiger partial charge in [0, 0.05) is 0 Å². The Labute approximate surface area is 109 Å². The van der Waals surface area contributed by atoms with E-state index in [0.717, 1.165) is 12.1 Å². The Morgan fingerprint density at radius 2 is 1.95 bits per heavy atom. The highest BCUT2D eigenvalue weighted by Gasteiger charge is 2.21. The molecule has 0 fully saturated rings. The van der Waals surface area contributed by atoms with Crippen LogP contribution >= 0.6 is 0 Å². The molecule has 102 valence electrons. The number of rotatable bonds is 4. The van der Waals surface area contributed by atoms with E-state index in [1.54, 1.807) is 19.1 Å². The van der Waals surface area contributed by atoms with E-state index in [9.17, 15) is 17.2 Å². The van der Waals surface area contributed by atoms with Crippen molar-refractivity contribution < 1.29 is 21.6 Å². The van der Waals surface area contributed by atoms with Gasteiger partial charge in [-0.05, 0) is 37.3 Å². The van der Waals surface area contributed by atoms with Gasteiger partial charge in [0.15, 0.2) is 11.6 Å². The molecule has 0 radical (unpaired) electrons. The summed E-state index contributed by atoms with van der Waals surface area (Å²) in [6.45, 7) is 1.58. The summed E-state index contributed by atoms with van der Waals surface area (Å²) in [7, 11) is -3.94. The number of furan rings is 1. The van der Waals surface area contributed by atoms with Crippen LogP contribution in [-0.4, -0.2) is 8.42 Å². The fraction of sp³-hybridized carbons (Fsp3) is 0.167. The summed E-state index contributed by atoms with van der Waals surface area (Å²) in [4.78, 5) is -0.343. The molecule has 4 nitrogen and oxygen atoms in total. The third-order valence-corrected chi connectivity index (χ3v) is 4.04. The number of sulfonamides is 1. The molecule has 0 spiro atoms. The molecule has 1 aromatic heterocycles. The molecule has 0 unspecified atom stereocenters. The Balaban J connectivity index is 2.25. The SMILES string of the molecule is C[C@H](NS(=O)(=O)c1ccc(F)c(F)c1)c1ccco1. The number of hydrogen-bond donors (Lipinski definition) is 1. The number of halogens is 2. The predicted molar refractivity (Wildman–Crippen MR) is 63.8 cm³/mol. The summed E-state index contributed by atoms with van der Waals surface area (Å²) in [5.41, 5.74) is 0. The monoisotopic (exact) mass is 287 g/mol. The van der Waals surface area contributed by atoms with Crippen molar-refractivity contribution in [2.45, 2.75) is 17.9 Å². The molecular weight excluding hydrogens is 276 g/mol. The van der Waals surface area contributed by atoms with Gasteiger partial charge in [-0.2, -0.15) is 0 Å². The lowest BCUT2D eigenvalue weighted by Crippen LogP contribution is -2.26. The number of hydrogen-bond acceptors (Lipinski definition) is 3. The van der Waals surface area contributed by atoms with Crippen molar-refractivity contribution in [2.75, 3.05) is 0 Å². The highest BCUT2D eigenvalue weighted by atomic mass is 32.2. The summed E-state index contributed by atoms with van der Waals surface area (Å²) in [5.74, 6) is -1.89. The van der Waals surface area contributed by atoms with E-state index in [0.29, 0.717) is 11.8 Å². The predicted octanol–water partition coefficient (Wildman–Crippen LogP) is 2.60. The minimum atomic E-state index is -3.94. The Bertz CT molecular complexity index is 668. The minimum absolute atomic E-state index is 0.343. The van der Waals surface area contributed by atoms with Crippen LogP contribution in [0.25, 0.3) is 0 Å². The first-order chi connectivity index (χ1) is 8.90. The summed E-state index contributed by atoms with van der Waals surface area (Å²) in [6.07, 6.45) is 1.41. The van der Waals surface area contributed by atoms with Gasteiger partial charge in [0.25, 0.3) is 0 Å². The van der Waals surface area contributed by atoms with Gasteiger partial charge in [-0.1, -0.05) is 0 Å². The second-order valence-corrected chi connectivity index (χ2v) is 5.65. The number of nitrogens with one attached hydrogen (secondary N) is 1. The Kier molecular flexibility index (Phi) is 3.68. The maximum Gasteiger partial charge on any atom is 0.241 e. The molecule has 0 amide bonds. The average molecular weight is 287 g/mol. The molecule has 7 heteroatoms. The van der Waals surface area contributed by atoms with Crippen molar-refractivity contribution in [3.63, 3.8) is 0 Å².